The first-order chi connectivity index (χ1) is 9.11. The fraction of sp³-hybridized carbons (Fsp3) is 0.357. The molecule has 1 unspecified atom stereocenters. The van der Waals surface area contributed by atoms with Crippen LogP contribution in [0.1, 0.15) is 25.0 Å². The summed E-state index contributed by atoms with van der Waals surface area (Å²) in [5.41, 5.74) is 1.54. The molecule has 110 valence electrons. The van der Waals surface area contributed by atoms with Gasteiger partial charge in [-0.3, -0.25) is 4.55 Å². The Morgan fingerprint density at radius 1 is 1.45 bits per heavy atom. The molecule has 0 saturated carbocycles. The van der Waals surface area contributed by atoms with Gasteiger partial charge in [0.15, 0.2) is 0 Å². The topological polar surface area (TPSA) is 80.7 Å². The van der Waals surface area contributed by atoms with E-state index in [1.807, 2.05) is 6.92 Å². The van der Waals surface area contributed by atoms with Gasteiger partial charge in [-0.25, -0.2) is 4.79 Å². The van der Waals surface area contributed by atoms with Gasteiger partial charge in [-0.2, -0.15) is 8.42 Å². The molecule has 0 radical (unpaired) electrons. The first kappa shape index (κ1) is 16.4. The molecule has 0 aliphatic carbocycles. The van der Waals surface area contributed by atoms with E-state index in [4.69, 9.17) is 4.74 Å². The second kappa shape index (κ2) is 6.19. The molecule has 1 aromatic carbocycles. The molecular formula is C14H18O5S. The first-order valence-corrected chi connectivity index (χ1v) is 7.48. The summed E-state index contributed by atoms with van der Waals surface area (Å²) >= 11 is 0. The van der Waals surface area contributed by atoms with Crippen LogP contribution in [0.5, 0.6) is 0 Å². The third-order valence-electron chi connectivity index (χ3n) is 2.66. The van der Waals surface area contributed by atoms with Crippen LogP contribution < -0.4 is 0 Å². The van der Waals surface area contributed by atoms with Gasteiger partial charge >= 0.3 is 5.97 Å². The Balaban J connectivity index is 3.00. The van der Waals surface area contributed by atoms with Crippen LogP contribution in [-0.2, 0) is 26.1 Å². The molecule has 1 atom stereocenters. The minimum absolute atomic E-state index is 0.165. The molecule has 1 aromatic rings. The highest BCUT2D eigenvalue weighted by Gasteiger charge is 2.19. The first-order valence-electron chi connectivity index (χ1n) is 6.04. The SMILES string of the molecule is C=C(C)C(=O)OC(C)Cc1cc(C)ccc1S(=O)(=O)O. The number of hydrogen-bond donors (Lipinski definition) is 1. The van der Waals surface area contributed by atoms with E-state index in [0.717, 1.165) is 5.56 Å². The molecule has 0 amide bonds. The third kappa shape index (κ3) is 4.47. The molecule has 0 bridgehead atoms. The molecule has 6 heteroatoms. The quantitative estimate of drug-likeness (QED) is 0.512. The minimum Gasteiger partial charge on any atom is -0.459 e. The molecule has 20 heavy (non-hydrogen) atoms. The van der Waals surface area contributed by atoms with Crippen LogP contribution in [-0.4, -0.2) is 25.0 Å². The summed E-state index contributed by atoms with van der Waals surface area (Å²) in [7, 11) is -4.30. The highest BCUT2D eigenvalue weighted by molar-refractivity contribution is 7.85. The summed E-state index contributed by atoms with van der Waals surface area (Å²) in [6, 6.07) is 4.58. The Labute approximate surface area is 119 Å². The van der Waals surface area contributed by atoms with Gasteiger partial charge < -0.3 is 4.74 Å². The molecule has 1 N–H and O–H groups in total. The maximum absolute atomic E-state index is 11.4. The van der Waals surface area contributed by atoms with E-state index in [2.05, 4.69) is 6.58 Å². The largest absolute Gasteiger partial charge is 0.459 e. The van der Waals surface area contributed by atoms with Crippen LogP contribution in [0.2, 0.25) is 0 Å². The van der Waals surface area contributed by atoms with Gasteiger partial charge in [0.25, 0.3) is 10.1 Å². The van der Waals surface area contributed by atoms with Gasteiger partial charge in [0.2, 0.25) is 0 Å². The Hall–Kier alpha value is -1.66. The molecular weight excluding hydrogens is 280 g/mol. The normalized spacial score (nSPS) is 12.8. The molecule has 1 rings (SSSR count). The maximum Gasteiger partial charge on any atom is 0.333 e. The summed E-state index contributed by atoms with van der Waals surface area (Å²) in [6.07, 6.45) is -0.336. The minimum atomic E-state index is -4.30. The van der Waals surface area contributed by atoms with Crippen LogP contribution in [0, 0.1) is 6.92 Å². The van der Waals surface area contributed by atoms with Gasteiger partial charge in [0.05, 0.1) is 4.90 Å². The Kier molecular flexibility index (Phi) is 5.08. The summed E-state index contributed by atoms with van der Waals surface area (Å²) in [5.74, 6) is -0.529. The van der Waals surface area contributed by atoms with E-state index in [9.17, 15) is 17.8 Å². The summed E-state index contributed by atoms with van der Waals surface area (Å²) < 4.78 is 36.9. The molecule has 0 spiro atoms. The van der Waals surface area contributed by atoms with E-state index >= 15 is 0 Å². The number of ether oxygens (including phenoxy) is 1. The number of hydrogen-bond acceptors (Lipinski definition) is 4. The molecule has 0 heterocycles. The lowest BCUT2D eigenvalue weighted by Crippen LogP contribution is -2.19. The second-order valence-electron chi connectivity index (χ2n) is 4.79. The van der Waals surface area contributed by atoms with E-state index in [-0.39, 0.29) is 16.9 Å². The van der Waals surface area contributed by atoms with Crippen LogP contribution in [0.3, 0.4) is 0 Å². The van der Waals surface area contributed by atoms with Crippen LogP contribution in [0.15, 0.2) is 35.2 Å². The number of benzene rings is 1. The predicted octanol–water partition coefficient (Wildman–Crippen LogP) is 2.29. The van der Waals surface area contributed by atoms with Crippen LogP contribution >= 0.6 is 0 Å². The van der Waals surface area contributed by atoms with Crippen molar-refractivity contribution in [2.75, 3.05) is 0 Å². The predicted molar refractivity (Wildman–Crippen MR) is 75.1 cm³/mol. The highest BCUT2D eigenvalue weighted by atomic mass is 32.2. The van der Waals surface area contributed by atoms with Gasteiger partial charge in [0.1, 0.15) is 6.10 Å². The van der Waals surface area contributed by atoms with Gasteiger partial charge in [0, 0.05) is 12.0 Å². The smallest absolute Gasteiger partial charge is 0.333 e. The average molecular weight is 298 g/mol. The zero-order valence-electron chi connectivity index (χ0n) is 11.7. The Morgan fingerprint density at radius 2 is 2.05 bits per heavy atom. The standard InChI is InChI=1S/C14H18O5S/c1-9(2)14(15)19-11(4)8-12-7-10(3)5-6-13(12)20(16,17)18/h5-7,11H,1,8H2,2-4H3,(H,16,17,18). The Morgan fingerprint density at radius 3 is 2.55 bits per heavy atom. The van der Waals surface area contributed by atoms with Crippen molar-refractivity contribution in [1.82, 2.24) is 0 Å². The van der Waals surface area contributed by atoms with Crippen molar-refractivity contribution < 1.29 is 22.5 Å². The lowest BCUT2D eigenvalue weighted by atomic mass is 10.1. The molecule has 5 nitrogen and oxygen atoms in total. The number of carbonyl (C=O) groups is 1. The molecule has 0 aromatic heterocycles. The van der Waals surface area contributed by atoms with E-state index in [1.54, 1.807) is 19.1 Å². The number of rotatable bonds is 5. The zero-order chi connectivity index (χ0) is 15.5. The van der Waals surface area contributed by atoms with Gasteiger partial charge in [-0.1, -0.05) is 24.3 Å². The van der Waals surface area contributed by atoms with Crippen molar-refractivity contribution in [2.45, 2.75) is 38.2 Å². The Bertz CT molecular complexity index is 631. The zero-order valence-corrected chi connectivity index (χ0v) is 12.5. The van der Waals surface area contributed by atoms with E-state index in [0.29, 0.717) is 5.56 Å². The van der Waals surface area contributed by atoms with Crippen LogP contribution in [0.25, 0.3) is 0 Å². The van der Waals surface area contributed by atoms with E-state index in [1.165, 1.54) is 13.0 Å². The van der Waals surface area contributed by atoms with Crippen molar-refractivity contribution in [2.24, 2.45) is 0 Å². The lowest BCUT2D eigenvalue weighted by Gasteiger charge is -2.15. The van der Waals surface area contributed by atoms with Gasteiger partial charge in [-0.05, 0) is 32.4 Å². The van der Waals surface area contributed by atoms with Crippen molar-refractivity contribution in [3.63, 3.8) is 0 Å². The van der Waals surface area contributed by atoms with Crippen molar-refractivity contribution in [3.05, 3.63) is 41.5 Å². The number of carbonyl (C=O) groups excluding carboxylic acids is 1. The van der Waals surface area contributed by atoms with Crippen molar-refractivity contribution >= 4 is 16.1 Å². The maximum atomic E-state index is 11.4. The summed E-state index contributed by atoms with van der Waals surface area (Å²) in [6.45, 7) is 8.47. The fourth-order valence-electron chi connectivity index (χ4n) is 1.75. The highest BCUT2D eigenvalue weighted by Crippen LogP contribution is 2.20. The lowest BCUT2D eigenvalue weighted by molar-refractivity contribution is -0.143. The molecule has 0 aliphatic rings. The third-order valence-corrected chi connectivity index (χ3v) is 3.61. The van der Waals surface area contributed by atoms with Gasteiger partial charge in [-0.15, -0.1) is 0 Å². The van der Waals surface area contributed by atoms with E-state index < -0.39 is 22.2 Å². The molecule has 0 aliphatic heterocycles. The monoisotopic (exact) mass is 298 g/mol. The number of aryl methyl sites for hydroxylation is 1. The molecule has 0 fully saturated rings. The average Bonchev–Trinajstić information content (AvgIpc) is 2.26. The van der Waals surface area contributed by atoms with Crippen molar-refractivity contribution in [1.29, 1.82) is 0 Å². The van der Waals surface area contributed by atoms with Crippen molar-refractivity contribution in [3.8, 4) is 0 Å². The summed E-state index contributed by atoms with van der Waals surface area (Å²) in [4.78, 5) is 11.2. The second-order valence-corrected chi connectivity index (χ2v) is 6.18. The number of esters is 1. The molecule has 0 saturated heterocycles. The fourth-order valence-corrected chi connectivity index (χ4v) is 2.47. The summed E-state index contributed by atoms with van der Waals surface area (Å²) in [5, 5.41) is 0. The van der Waals surface area contributed by atoms with Crippen LogP contribution in [0.4, 0.5) is 0 Å².